The third-order valence-corrected chi connectivity index (χ3v) is 7.27. The largest absolute Gasteiger partial charge is 0.449 e. The van der Waals surface area contributed by atoms with Gasteiger partial charge in [-0.25, -0.2) is 4.79 Å². The monoisotopic (exact) mass is 493 g/mol. The van der Waals surface area contributed by atoms with Crippen molar-refractivity contribution in [1.29, 1.82) is 0 Å². The zero-order valence-corrected chi connectivity index (χ0v) is 20.0. The van der Waals surface area contributed by atoms with Crippen LogP contribution in [0.5, 0.6) is 0 Å². The average molecular weight is 494 g/mol. The number of alkyl carbamates (subject to hydrolysis) is 1. The number of benzene rings is 2. The highest BCUT2D eigenvalue weighted by molar-refractivity contribution is 9.10. The van der Waals surface area contributed by atoms with Crippen molar-refractivity contribution in [3.8, 4) is 0 Å². The summed E-state index contributed by atoms with van der Waals surface area (Å²) < 4.78 is 6.71. The van der Waals surface area contributed by atoms with Crippen LogP contribution < -0.4 is 5.32 Å². The Morgan fingerprint density at radius 3 is 2.88 bits per heavy atom. The van der Waals surface area contributed by atoms with E-state index in [0.717, 1.165) is 29.5 Å². The van der Waals surface area contributed by atoms with Crippen LogP contribution in [0.15, 0.2) is 59.2 Å². The molecule has 0 saturated heterocycles. The van der Waals surface area contributed by atoms with Crippen LogP contribution in [0.3, 0.4) is 0 Å². The van der Waals surface area contributed by atoms with Gasteiger partial charge < -0.3 is 15.0 Å². The third kappa shape index (κ3) is 4.09. The van der Waals surface area contributed by atoms with Crippen LogP contribution in [0, 0.1) is 5.92 Å². The van der Waals surface area contributed by atoms with Crippen molar-refractivity contribution in [3.63, 3.8) is 0 Å². The zero-order valence-electron chi connectivity index (χ0n) is 18.4. The number of hydrogen-bond donors (Lipinski definition) is 2. The Bertz CT molecular complexity index is 1170. The van der Waals surface area contributed by atoms with Crippen molar-refractivity contribution in [1.82, 2.24) is 15.2 Å². The number of nitrogens with one attached hydrogen (secondary N) is 2. The van der Waals surface area contributed by atoms with Gasteiger partial charge in [-0.2, -0.15) is 0 Å². The summed E-state index contributed by atoms with van der Waals surface area (Å²) in [6.45, 7) is 3.25. The summed E-state index contributed by atoms with van der Waals surface area (Å²) in [6.07, 6.45) is 3.74. The Labute approximate surface area is 197 Å². The number of carbonyl (C=O) groups is 1. The number of carbonyl (C=O) groups excluding carboxylic acids is 1. The van der Waals surface area contributed by atoms with Gasteiger partial charge in [0.25, 0.3) is 0 Å². The Morgan fingerprint density at radius 2 is 2.06 bits per heavy atom. The number of ether oxygens (including phenoxy) is 1. The average Bonchev–Trinajstić information content (AvgIpc) is 3.10. The summed E-state index contributed by atoms with van der Waals surface area (Å²) in [5.74, 6) is 0.167. The van der Waals surface area contributed by atoms with Crippen molar-refractivity contribution < 1.29 is 9.53 Å². The van der Waals surface area contributed by atoms with Crippen LogP contribution in [0.25, 0.3) is 16.5 Å². The fourth-order valence-corrected chi connectivity index (χ4v) is 5.72. The summed E-state index contributed by atoms with van der Waals surface area (Å²) in [5, 5.41) is 4.27. The van der Waals surface area contributed by atoms with Gasteiger partial charge in [-0.05, 0) is 71.1 Å². The fourth-order valence-electron chi connectivity index (χ4n) is 5.14. The Morgan fingerprint density at radius 1 is 1.25 bits per heavy atom. The van der Waals surface area contributed by atoms with E-state index < -0.39 is 0 Å². The maximum Gasteiger partial charge on any atom is 0.407 e. The number of nitrogens with zero attached hydrogens (tertiary/aromatic N) is 1. The number of fused-ring (bicyclic) bond motifs is 2. The van der Waals surface area contributed by atoms with Crippen LogP contribution in [-0.4, -0.2) is 48.3 Å². The minimum atomic E-state index is -0.348. The molecule has 3 atom stereocenters. The molecule has 1 aliphatic carbocycles. The van der Waals surface area contributed by atoms with Crippen molar-refractivity contribution in [2.75, 3.05) is 20.2 Å². The number of H-pyrrole nitrogens is 1. The first-order valence-electron chi connectivity index (χ1n) is 11.2. The zero-order chi connectivity index (χ0) is 22.2. The second-order valence-corrected chi connectivity index (χ2v) is 9.81. The molecular formula is C26H28BrN3O2. The molecule has 0 radical (unpaired) electrons. The van der Waals surface area contributed by atoms with Crippen molar-refractivity contribution >= 4 is 38.5 Å². The highest BCUT2D eigenvalue weighted by Crippen LogP contribution is 2.43. The Hall–Kier alpha value is -2.57. The third-order valence-electron chi connectivity index (χ3n) is 6.59. The molecule has 6 heteroatoms. The van der Waals surface area contributed by atoms with Gasteiger partial charge in [0.05, 0.1) is 4.60 Å². The molecule has 1 aliphatic heterocycles. The number of halogens is 1. The van der Waals surface area contributed by atoms with E-state index in [9.17, 15) is 4.79 Å². The lowest BCUT2D eigenvalue weighted by Crippen LogP contribution is -2.44. The van der Waals surface area contributed by atoms with Crippen molar-refractivity contribution in [2.45, 2.75) is 31.8 Å². The molecule has 2 N–H and O–H groups in total. The lowest BCUT2D eigenvalue weighted by molar-refractivity contribution is 0.117. The van der Waals surface area contributed by atoms with Crippen LogP contribution in [0.2, 0.25) is 0 Å². The molecule has 0 saturated carbocycles. The molecule has 5 nitrogen and oxygen atoms in total. The molecule has 0 bridgehead atoms. The summed E-state index contributed by atoms with van der Waals surface area (Å²) in [4.78, 5) is 18.2. The highest BCUT2D eigenvalue weighted by Gasteiger charge is 2.35. The smallest absolute Gasteiger partial charge is 0.407 e. The molecule has 1 aromatic heterocycles. The van der Waals surface area contributed by atoms with Gasteiger partial charge in [0.15, 0.2) is 0 Å². The SMILES string of the molecule is CC(Cc1ccccc1)NC(=O)OCC1C=C2c3cccc4[nH]c(Br)c(c34)C[C@@H]2N(C)C1. The summed E-state index contributed by atoms with van der Waals surface area (Å²) in [5.41, 5.74) is 6.35. The van der Waals surface area contributed by atoms with E-state index in [4.69, 9.17) is 4.74 Å². The molecule has 2 aliphatic rings. The van der Waals surface area contributed by atoms with E-state index in [0.29, 0.717) is 12.6 Å². The van der Waals surface area contributed by atoms with Crippen LogP contribution in [-0.2, 0) is 17.6 Å². The Balaban J connectivity index is 1.27. The van der Waals surface area contributed by atoms with E-state index in [1.165, 1.54) is 27.6 Å². The minimum Gasteiger partial charge on any atom is -0.449 e. The van der Waals surface area contributed by atoms with Gasteiger partial charge in [0, 0.05) is 35.4 Å². The van der Waals surface area contributed by atoms with Crippen molar-refractivity contribution in [2.24, 2.45) is 5.92 Å². The Kier molecular flexibility index (Phi) is 5.82. The van der Waals surface area contributed by atoms with E-state index in [1.807, 2.05) is 25.1 Å². The van der Waals surface area contributed by atoms with Crippen LogP contribution in [0.1, 0.15) is 23.6 Å². The van der Waals surface area contributed by atoms with Gasteiger partial charge in [0.1, 0.15) is 6.61 Å². The number of likely N-dealkylation sites (N-methyl/N-ethyl adjacent to an activating group) is 1. The number of hydrogen-bond acceptors (Lipinski definition) is 3. The van der Waals surface area contributed by atoms with E-state index >= 15 is 0 Å². The lowest BCUT2D eigenvalue weighted by Gasteiger charge is -2.39. The molecule has 2 heterocycles. The summed E-state index contributed by atoms with van der Waals surface area (Å²) in [7, 11) is 2.17. The maximum atomic E-state index is 12.4. The number of aromatic amines is 1. The standard InChI is InChI=1S/C26H28BrN3O2/c1-16(11-17-7-4-3-5-8-17)28-26(31)32-15-18-12-20-19-9-6-10-22-24(19)21(25(27)29-22)13-23(20)30(2)14-18/h3-10,12,16,18,23,29H,11,13-15H2,1-2H3,(H,28,31)/t16?,18?,23-/m0/s1. The second kappa shape index (κ2) is 8.75. The first-order chi connectivity index (χ1) is 15.5. The predicted octanol–water partition coefficient (Wildman–Crippen LogP) is 5.16. The van der Waals surface area contributed by atoms with E-state index in [2.05, 4.69) is 74.6 Å². The fraction of sp³-hybridized carbons (Fsp3) is 0.346. The van der Waals surface area contributed by atoms with Crippen molar-refractivity contribution in [3.05, 3.63) is 75.9 Å². The van der Waals surface area contributed by atoms with Gasteiger partial charge in [0.2, 0.25) is 0 Å². The number of amides is 1. The molecule has 0 fully saturated rings. The first-order valence-corrected chi connectivity index (χ1v) is 12.0. The van der Waals surface area contributed by atoms with E-state index in [1.54, 1.807) is 0 Å². The highest BCUT2D eigenvalue weighted by atomic mass is 79.9. The van der Waals surface area contributed by atoms with Gasteiger partial charge in [-0.1, -0.05) is 48.5 Å². The van der Waals surface area contributed by atoms with Gasteiger partial charge in [-0.15, -0.1) is 0 Å². The molecule has 5 rings (SSSR count). The lowest BCUT2D eigenvalue weighted by atomic mass is 9.80. The first kappa shape index (κ1) is 21.3. The number of rotatable bonds is 5. The normalized spacial score (nSPS) is 21.0. The molecule has 0 spiro atoms. The molecule has 32 heavy (non-hydrogen) atoms. The minimum absolute atomic E-state index is 0.0167. The molecule has 166 valence electrons. The second-order valence-electron chi connectivity index (χ2n) is 9.02. The topological polar surface area (TPSA) is 57.4 Å². The quantitative estimate of drug-likeness (QED) is 0.516. The van der Waals surface area contributed by atoms with E-state index in [-0.39, 0.29) is 18.1 Å². The number of aromatic nitrogens is 1. The maximum absolute atomic E-state index is 12.4. The van der Waals surface area contributed by atoms with Crippen LogP contribution in [0.4, 0.5) is 4.79 Å². The molecular weight excluding hydrogens is 466 g/mol. The summed E-state index contributed by atoms with van der Waals surface area (Å²) >= 11 is 3.71. The molecule has 2 unspecified atom stereocenters. The molecule has 3 aromatic rings. The molecule has 1 amide bonds. The van der Waals surface area contributed by atoms with Gasteiger partial charge >= 0.3 is 6.09 Å². The van der Waals surface area contributed by atoms with Crippen LogP contribution >= 0.6 is 15.9 Å². The van der Waals surface area contributed by atoms with Gasteiger partial charge in [-0.3, -0.25) is 4.90 Å². The predicted molar refractivity (Wildman–Crippen MR) is 132 cm³/mol. The molecule has 2 aromatic carbocycles. The summed E-state index contributed by atoms with van der Waals surface area (Å²) in [6, 6.07) is 17.0.